The highest BCUT2D eigenvalue weighted by atomic mass is 35.5. The summed E-state index contributed by atoms with van der Waals surface area (Å²) in [5, 5.41) is 2.65. The maximum atomic E-state index is 13.2. The second kappa shape index (κ2) is 8.07. The highest BCUT2D eigenvalue weighted by molar-refractivity contribution is 6.39. The maximum Gasteiger partial charge on any atom is 0.335 e. The second-order valence-corrected chi connectivity index (χ2v) is 8.50. The van der Waals surface area contributed by atoms with Crippen LogP contribution in [0.1, 0.15) is 22.5 Å². The van der Waals surface area contributed by atoms with Crippen LogP contribution in [0.3, 0.4) is 0 Å². The molecule has 0 spiro atoms. The average molecular weight is 478 g/mol. The number of urea groups is 1. The third-order valence-corrected chi connectivity index (χ3v) is 6.31. The number of barbiturate groups is 1. The van der Waals surface area contributed by atoms with E-state index < -0.39 is 17.8 Å². The number of carbonyl (C=O) groups is 3. The molecule has 0 atom stereocenters. The van der Waals surface area contributed by atoms with E-state index >= 15 is 0 Å². The molecule has 3 aromatic rings. The number of hydrogen-bond donors (Lipinski definition) is 1. The molecule has 9 heteroatoms. The van der Waals surface area contributed by atoms with Crippen molar-refractivity contribution in [3.63, 3.8) is 0 Å². The number of rotatable bonds is 3. The van der Waals surface area contributed by atoms with E-state index in [2.05, 4.69) is 5.32 Å². The Morgan fingerprint density at radius 1 is 0.941 bits per heavy atom. The number of hydrogen-bond acceptors (Lipinski definition) is 5. The Balaban J connectivity index is 1.54. The minimum Gasteiger partial charge on any atom is -0.454 e. The van der Waals surface area contributed by atoms with E-state index in [9.17, 15) is 14.4 Å². The van der Waals surface area contributed by atoms with Gasteiger partial charge in [-0.1, -0.05) is 17.7 Å². The number of anilines is 1. The zero-order valence-corrected chi connectivity index (χ0v) is 19.4. The molecule has 0 aliphatic carbocycles. The third-order valence-electron chi connectivity index (χ3n) is 5.90. The summed E-state index contributed by atoms with van der Waals surface area (Å²) >= 11 is 6.19. The van der Waals surface area contributed by atoms with Gasteiger partial charge >= 0.3 is 6.03 Å². The minimum atomic E-state index is -0.821. The summed E-state index contributed by atoms with van der Waals surface area (Å²) in [4.78, 5) is 39.3. The van der Waals surface area contributed by atoms with Gasteiger partial charge in [0, 0.05) is 28.2 Å². The van der Waals surface area contributed by atoms with E-state index in [1.807, 2.05) is 49.6 Å². The molecule has 8 nitrogen and oxygen atoms in total. The molecule has 34 heavy (non-hydrogen) atoms. The van der Waals surface area contributed by atoms with Crippen LogP contribution in [0.4, 0.5) is 10.5 Å². The Kier molecular flexibility index (Phi) is 5.17. The molecule has 2 aliphatic rings. The lowest BCUT2D eigenvalue weighted by Gasteiger charge is -2.26. The Bertz CT molecular complexity index is 1420. The van der Waals surface area contributed by atoms with Gasteiger partial charge in [-0.15, -0.1) is 0 Å². The lowest BCUT2D eigenvalue weighted by Crippen LogP contribution is -2.54. The summed E-state index contributed by atoms with van der Waals surface area (Å²) < 4.78 is 12.9. The molecule has 2 aliphatic heterocycles. The molecule has 1 saturated heterocycles. The molecule has 0 saturated carbocycles. The first-order valence-electron chi connectivity index (χ1n) is 10.5. The zero-order valence-electron chi connectivity index (χ0n) is 18.6. The van der Waals surface area contributed by atoms with Crippen molar-refractivity contribution >= 4 is 41.2 Å². The fourth-order valence-electron chi connectivity index (χ4n) is 4.12. The molecule has 1 N–H and O–H groups in total. The van der Waals surface area contributed by atoms with Crippen LogP contribution in [0.15, 0.2) is 48.0 Å². The number of ether oxygens (including phenoxy) is 2. The second-order valence-electron chi connectivity index (χ2n) is 8.09. The normalized spacial score (nSPS) is 16.4. The molecular weight excluding hydrogens is 458 g/mol. The van der Waals surface area contributed by atoms with Crippen LogP contribution in [0.5, 0.6) is 11.5 Å². The largest absolute Gasteiger partial charge is 0.454 e. The number of fused-ring (bicyclic) bond motifs is 1. The summed E-state index contributed by atoms with van der Waals surface area (Å²) in [7, 11) is 0. The van der Waals surface area contributed by atoms with Gasteiger partial charge in [0.05, 0.1) is 5.69 Å². The topological polar surface area (TPSA) is 89.9 Å². The van der Waals surface area contributed by atoms with Crippen molar-refractivity contribution in [2.24, 2.45) is 0 Å². The molecule has 3 heterocycles. The lowest BCUT2D eigenvalue weighted by atomic mass is 10.1. The summed E-state index contributed by atoms with van der Waals surface area (Å²) in [6, 6.07) is 11.5. The fraction of sp³-hybridized carbons (Fsp3) is 0.160. The van der Waals surface area contributed by atoms with E-state index in [1.54, 1.807) is 12.1 Å². The van der Waals surface area contributed by atoms with Crippen molar-refractivity contribution in [1.29, 1.82) is 0 Å². The molecule has 2 aromatic carbocycles. The molecule has 0 bridgehead atoms. The van der Waals surface area contributed by atoms with Crippen molar-refractivity contribution in [3.8, 4) is 17.2 Å². The first kappa shape index (κ1) is 21.8. The minimum absolute atomic E-state index is 0.151. The number of nitrogens with one attached hydrogen (secondary N) is 1. The van der Waals surface area contributed by atoms with Crippen molar-refractivity contribution in [3.05, 3.63) is 75.6 Å². The Labute approximate surface area is 200 Å². The van der Waals surface area contributed by atoms with Crippen LogP contribution in [0.25, 0.3) is 11.8 Å². The first-order valence-corrected chi connectivity index (χ1v) is 10.9. The van der Waals surface area contributed by atoms with E-state index in [0.29, 0.717) is 22.1 Å². The van der Waals surface area contributed by atoms with E-state index in [-0.39, 0.29) is 18.1 Å². The highest BCUT2D eigenvalue weighted by Crippen LogP contribution is 2.35. The van der Waals surface area contributed by atoms with Gasteiger partial charge in [-0.05, 0) is 68.3 Å². The molecule has 0 unspecified atom stereocenters. The number of halogens is 1. The van der Waals surface area contributed by atoms with Crippen LogP contribution in [0, 0.1) is 20.8 Å². The highest BCUT2D eigenvalue weighted by Gasteiger charge is 2.37. The van der Waals surface area contributed by atoms with E-state index in [0.717, 1.165) is 27.5 Å². The van der Waals surface area contributed by atoms with Gasteiger partial charge in [0.1, 0.15) is 5.57 Å². The summed E-state index contributed by atoms with van der Waals surface area (Å²) in [5.74, 6) is -0.143. The summed E-state index contributed by atoms with van der Waals surface area (Å²) in [6.07, 6.45) is 1.50. The first-order chi connectivity index (χ1) is 16.2. The quantitative estimate of drug-likeness (QED) is 0.444. The number of imide groups is 2. The van der Waals surface area contributed by atoms with Gasteiger partial charge in [-0.3, -0.25) is 14.9 Å². The number of aryl methyl sites for hydroxylation is 2. The maximum absolute atomic E-state index is 13.2. The van der Waals surface area contributed by atoms with E-state index in [4.69, 9.17) is 21.1 Å². The number of nitrogens with zero attached hydrogens (tertiary/aromatic N) is 2. The number of aromatic nitrogens is 1. The predicted octanol–water partition coefficient (Wildman–Crippen LogP) is 4.45. The zero-order chi connectivity index (χ0) is 24.1. The predicted molar refractivity (Wildman–Crippen MR) is 127 cm³/mol. The SMILES string of the molecule is Cc1ccc(N2C(=O)NC(=O)/C(=C\c3cc(C)n(-c4ccc5c(c4)OCO5)c3C)C2=O)cc1Cl. The average Bonchev–Trinajstić information content (AvgIpc) is 3.36. The number of carbonyl (C=O) groups excluding carboxylic acids is 3. The lowest BCUT2D eigenvalue weighted by molar-refractivity contribution is -0.122. The van der Waals surface area contributed by atoms with E-state index in [1.165, 1.54) is 12.1 Å². The fourth-order valence-corrected chi connectivity index (χ4v) is 4.30. The van der Waals surface area contributed by atoms with Gasteiger partial charge in [0.2, 0.25) is 6.79 Å². The Hall–Kier alpha value is -4.04. The van der Waals surface area contributed by atoms with Gasteiger partial charge < -0.3 is 14.0 Å². The molecule has 1 fully saturated rings. The van der Waals surface area contributed by atoms with Gasteiger partial charge in [-0.2, -0.15) is 0 Å². The smallest absolute Gasteiger partial charge is 0.335 e. The standard InChI is InChI=1S/C25H20ClN3O5/c1-13-4-5-17(10-20(13)26)29-24(31)19(23(30)27-25(29)32)9-16-8-14(2)28(15(16)3)18-6-7-21-22(11-18)34-12-33-21/h4-11H,12H2,1-3H3,(H,27,30,32)/b19-9+. The number of benzene rings is 2. The monoisotopic (exact) mass is 477 g/mol. The van der Waals surface area contributed by atoms with Gasteiger partial charge in [0.15, 0.2) is 11.5 Å². The van der Waals surface area contributed by atoms with Crippen molar-refractivity contribution in [1.82, 2.24) is 9.88 Å². The van der Waals surface area contributed by atoms with Crippen LogP contribution < -0.4 is 19.7 Å². The van der Waals surface area contributed by atoms with Gasteiger partial charge in [0.25, 0.3) is 11.8 Å². The van der Waals surface area contributed by atoms with Crippen molar-refractivity contribution in [2.45, 2.75) is 20.8 Å². The molecule has 1 aromatic heterocycles. The molecule has 5 rings (SSSR count). The summed E-state index contributed by atoms with van der Waals surface area (Å²) in [6.45, 7) is 5.80. The summed E-state index contributed by atoms with van der Waals surface area (Å²) in [5.41, 5.74) is 4.17. The van der Waals surface area contributed by atoms with Crippen molar-refractivity contribution < 1.29 is 23.9 Å². The Morgan fingerprint density at radius 2 is 1.68 bits per heavy atom. The van der Waals surface area contributed by atoms with Crippen LogP contribution in [-0.4, -0.2) is 29.2 Å². The Morgan fingerprint density at radius 3 is 2.44 bits per heavy atom. The van der Waals surface area contributed by atoms with Crippen molar-refractivity contribution in [2.75, 3.05) is 11.7 Å². The van der Waals surface area contributed by atoms with Gasteiger partial charge in [-0.25, -0.2) is 9.69 Å². The third kappa shape index (κ3) is 3.52. The molecule has 0 radical (unpaired) electrons. The molecule has 172 valence electrons. The van der Waals surface area contributed by atoms with Crippen LogP contribution >= 0.6 is 11.6 Å². The van der Waals surface area contributed by atoms with Crippen LogP contribution in [-0.2, 0) is 9.59 Å². The van der Waals surface area contributed by atoms with Crippen LogP contribution in [0.2, 0.25) is 5.02 Å². The molecule has 4 amide bonds. The number of amides is 4. The molecular formula is C25H20ClN3O5.